The number of nitro groups is 1. The second-order valence-corrected chi connectivity index (χ2v) is 5.26. The molecular formula is C13H16N2O7. The van der Waals surface area contributed by atoms with Gasteiger partial charge < -0.3 is 14.6 Å². The quantitative estimate of drug-likeness (QED) is 0.646. The van der Waals surface area contributed by atoms with Crippen LogP contribution in [0.25, 0.3) is 0 Å². The molecule has 0 aliphatic heterocycles. The molecule has 9 nitrogen and oxygen atoms in total. The number of carbonyl (C=O) groups is 2. The number of anilines is 1. The van der Waals surface area contributed by atoms with Gasteiger partial charge in [-0.1, -0.05) is 0 Å². The van der Waals surface area contributed by atoms with Gasteiger partial charge in [0.2, 0.25) is 0 Å². The Morgan fingerprint density at radius 2 is 1.91 bits per heavy atom. The Bertz CT molecular complexity index is 620. The summed E-state index contributed by atoms with van der Waals surface area (Å²) in [5.41, 5.74) is -1.97. The highest BCUT2D eigenvalue weighted by Crippen LogP contribution is 2.33. The zero-order chi connectivity index (χ0) is 17.1. The molecule has 1 rings (SSSR count). The van der Waals surface area contributed by atoms with E-state index in [0.29, 0.717) is 0 Å². The lowest BCUT2D eigenvalue weighted by atomic mass is 10.1. The number of ether oxygens (including phenoxy) is 2. The Balaban J connectivity index is 3.25. The van der Waals surface area contributed by atoms with Gasteiger partial charge in [-0.25, -0.2) is 9.59 Å². The zero-order valence-corrected chi connectivity index (χ0v) is 12.5. The fourth-order valence-corrected chi connectivity index (χ4v) is 1.57. The van der Waals surface area contributed by atoms with Crippen LogP contribution in [0.5, 0.6) is 5.75 Å². The summed E-state index contributed by atoms with van der Waals surface area (Å²) in [5.74, 6) is -1.51. The second kappa shape index (κ2) is 6.29. The van der Waals surface area contributed by atoms with Gasteiger partial charge in [0.25, 0.3) is 5.69 Å². The van der Waals surface area contributed by atoms with E-state index in [0.717, 1.165) is 12.1 Å². The maximum atomic E-state index is 11.7. The highest BCUT2D eigenvalue weighted by molar-refractivity contribution is 5.96. The Kier molecular flexibility index (Phi) is 4.92. The maximum Gasteiger partial charge on any atom is 0.412 e. The molecule has 9 heteroatoms. The van der Waals surface area contributed by atoms with Crippen molar-refractivity contribution in [1.82, 2.24) is 0 Å². The molecule has 120 valence electrons. The third-order valence-electron chi connectivity index (χ3n) is 2.38. The van der Waals surface area contributed by atoms with Gasteiger partial charge in [0, 0.05) is 12.1 Å². The van der Waals surface area contributed by atoms with Crippen LogP contribution in [0.15, 0.2) is 12.1 Å². The van der Waals surface area contributed by atoms with Crippen molar-refractivity contribution >= 4 is 23.4 Å². The summed E-state index contributed by atoms with van der Waals surface area (Å²) in [6, 6.07) is 1.87. The molecule has 0 bridgehead atoms. The predicted octanol–water partition coefficient (Wildman–Crippen LogP) is 2.65. The number of amides is 1. The number of rotatable bonds is 4. The van der Waals surface area contributed by atoms with Crippen LogP contribution < -0.4 is 10.1 Å². The third kappa shape index (κ3) is 4.33. The maximum absolute atomic E-state index is 11.7. The number of benzene rings is 1. The van der Waals surface area contributed by atoms with Crippen molar-refractivity contribution in [2.45, 2.75) is 26.4 Å². The van der Waals surface area contributed by atoms with E-state index in [2.05, 4.69) is 5.32 Å². The number of nitrogens with zero attached hydrogens (tertiary/aromatic N) is 1. The van der Waals surface area contributed by atoms with Crippen LogP contribution in [-0.2, 0) is 4.74 Å². The van der Waals surface area contributed by atoms with E-state index in [-0.39, 0.29) is 17.0 Å². The molecule has 0 aliphatic rings. The number of aromatic carboxylic acids is 1. The monoisotopic (exact) mass is 312 g/mol. The fraction of sp³-hybridized carbons (Fsp3) is 0.385. The summed E-state index contributed by atoms with van der Waals surface area (Å²) in [7, 11) is 1.21. The van der Waals surface area contributed by atoms with E-state index in [1.165, 1.54) is 7.11 Å². The molecule has 1 aromatic carbocycles. The first-order valence-corrected chi connectivity index (χ1v) is 6.15. The van der Waals surface area contributed by atoms with Gasteiger partial charge in [0.05, 0.1) is 12.0 Å². The van der Waals surface area contributed by atoms with E-state index in [1.807, 2.05) is 0 Å². The van der Waals surface area contributed by atoms with Crippen LogP contribution in [0.1, 0.15) is 31.1 Å². The Labute approximate surface area is 126 Å². The van der Waals surface area contributed by atoms with E-state index in [9.17, 15) is 19.7 Å². The van der Waals surface area contributed by atoms with Gasteiger partial charge in [0.1, 0.15) is 22.6 Å². The molecule has 0 unspecified atom stereocenters. The number of hydrogen-bond acceptors (Lipinski definition) is 6. The summed E-state index contributed by atoms with van der Waals surface area (Å²) in [4.78, 5) is 33.0. The van der Waals surface area contributed by atoms with Gasteiger partial charge in [-0.3, -0.25) is 15.4 Å². The van der Waals surface area contributed by atoms with Gasteiger partial charge in [-0.15, -0.1) is 0 Å². The number of hydrogen-bond donors (Lipinski definition) is 2. The van der Waals surface area contributed by atoms with E-state index in [1.54, 1.807) is 20.8 Å². The number of carbonyl (C=O) groups excluding carboxylic acids is 1. The van der Waals surface area contributed by atoms with E-state index in [4.69, 9.17) is 14.6 Å². The molecule has 0 heterocycles. The second-order valence-electron chi connectivity index (χ2n) is 5.26. The van der Waals surface area contributed by atoms with Crippen molar-refractivity contribution in [1.29, 1.82) is 0 Å². The lowest BCUT2D eigenvalue weighted by Gasteiger charge is -2.19. The molecule has 1 amide bonds. The number of methoxy groups -OCH3 is 1. The highest BCUT2D eigenvalue weighted by atomic mass is 16.6. The predicted molar refractivity (Wildman–Crippen MR) is 76.5 cm³/mol. The average molecular weight is 312 g/mol. The molecule has 0 saturated heterocycles. The molecule has 0 atom stereocenters. The van der Waals surface area contributed by atoms with Crippen molar-refractivity contribution in [3.05, 3.63) is 27.8 Å². The van der Waals surface area contributed by atoms with E-state index >= 15 is 0 Å². The molecule has 0 radical (unpaired) electrons. The van der Waals surface area contributed by atoms with Crippen molar-refractivity contribution in [2.24, 2.45) is 0 Å². The van der Waals surface area contributed by atoms with E-state index < -0.39 is 28.3 Å². The molecule has 0 spiro atoms. The van der Waals surface area contributed by atoms with Gasteiger partial charge in [-0.05, 0) is 20.8 Å². The van der Waals surface area contributed by atoms with Crippen LogP contribution >= 0.6 is 0 Å². The molecule has 0 saturated carbocycles. The van der Waals surface area contributed by atoms with Crippen molar-refractivity contribution in [3.63, 3.8) is 0 Å². The largest absolute Gasteiger partial charge is 0.496 e. The minimum absolute atomic E-state index is 0.121. The molecule has 0 aliphatic carbocycles. The lowest BCUT2D eigenvalue weighted by molar-refractivity contribution is -0.384. The van der Waals surface area contributed by atoms with Crippen LogP contribution in [-0.4, -0.2) is 34.8 Å². The van der Waals surface area contributed by atoms with Crippen molar-refractivity contribution < 1.29 is 29.1 Å². The van der Waals surface area contributed by atoms with Gasteiger partial charge in [-0.2, -0.15) is 0 Å². The zero-order valence-electron chi connectivity index (χ0n) is 12.5. The minimum atomic E-state index is -1.39. The van der Waals surface area contributed by atoms with Crippen LogP contribution in [0, 0.1) is 10.1 Å². The number of carboxylic acids is 1. The SMILES string of the molecule is COc1cc(NC(=O)OC(C)(C)C)c([N+](=O)[O-])cc1C(=O)O. The van der Waals surface area contributed by atoms with Crippen LogP contribution in [0.4, 0.5) is 16.2 Å². The Morgan fingerprint density at radius 3 is 2.32 bits per heavy atom. The molecule has 22 heavy (non-hydrogen) atoms. The number of nitro benzene ring substituents is 1. The summed E-state index contributed by atoms with van der Waals surface area (Å²) >= 11 is 0. The summed E-state index contributed by atoms with van der Waals surface area (Å²) in [6.07, 6.45) is -0.902. The first kappa shape index (κ1) is 17.2. The first-order valence-electron chi connectivity index (χ1n) is 6.15. The smallest absolute Gasteiger partial charge is 0.412 e. The molecular weight excluding hydrogens is 296 g/mol. The van der Waals surface area contributed by atoms with Gasteiger partial charge in [0.15, 0.2) is 0 Å². The van der Waals surface area contributed by atoms with Crippen molar-refractivity contribution in [2.75, 3.05) is 12.4 Å². The number of nitrogens with one attached hydrogen (secondary N) is 1. The van der Waals surface area contributed by atoms with Gasteiger partial charge >= 0.3 is 12.1 Å². The summed E-state index contributed by atoms with van der Waals surface area (Å²) in [6.45, 7) is 4.90. The lowest BCUT2D eigenvalue weighted by Crippen LogP contribution is -2.27. The topological polar surface area (TPSA) is 128 Å². The molecule has 2 N–H and O–H groups in total. The molecule has 1 aromatic rings. The molecule has 0 aromatic heterocycles. The molecule has 0 fully saturated rings. The first-order chi connectivity index (χ1) is 10.0. The summed E-state index contributed by atoms with van der Waals surface area (Å²) in [5, 5.41) is 22.3. The third-order valence-corrected chi connectivity index (χ3v) is 2.38. The highest BCUT2D eigenvalue weighted by Gasteiger charge is 2.25. The Hall–Kier alpha value is -2.84. The van der Waals surface area contributed by atoms with Crippen LogP contribution in [0.3, 0.4) is 0 Å². The standard InChI is InChI=1S/C13H16N2O7/c1-13(2,3)22-12(18)14-8-6-10(21-4)7(11(16)17)5-9(8)15(19)20/h5-6H,1-4H3,(H,14,18)(H,16,17). The fourth-order valence-electron chi connectivity index (χ4n) is 1.57. The number of carboxylic acid groups (broad SMARTS) is 1. The van der Waals surface area contributed by atoms with Crippen molar-refractivity contribution in [3.8, 4) is 5.75 Å². The average Bonchev–Trinajstić information content (AvgIpc) is 2.34. The summed E-state index contributed by atoms with van der Waals surface area (Å²) < 4.78 is 9.87. The minimum Gasteiger partial charge on any atom is -0.496 e. The normalized spacial score (nSPS) is 10.7. The Morgan fingerprint density at radius 1 is 1.32 bits per heavy atom. The van der Waals surface area contributed by atoms with Crippen LogP contribution in [0.2, 0.25) is 0 Å².